The van der Waals surface area contributed by atoms with Crippen molar-refractivity contribution >= 4 is 45.1 Å². The molecule has 0 amide bonds. The van der Waals surface area contributed by atoms with Crippen molar-refractivity contribution in [2.24, 2.45) is 0 Å². The number of hydrogen-bond acceptors (Lipinski definition) is 3. The lowest BCUT2D eigenvalue weighted by atomic mass is 9.93. The smallest absolute Gasteiger partial charge is 0.339 e. The molecule has 1 atom stereocenters. The maximum Gasteiger partial charge on any atom is 0.339 e. The molecule has 0 aliphatic rings. The predicted molar refractivity (Wildman–Crippen MR) is 125 cm³/mol. The Morgan fingerprint density at radius 3 is 2.38 bits per heavy atom. The Bertz CT molecular complexity index is 781. The van der Waals surface area contributed by atoms with E-state index in [1.807, 2.05) is 12.1 Å². The SMILES string of the molecule is CN(C)CCCCCCC(COC(=O)c1ccc(Cl)cc1Cl)c1ccc(Br)cc1. The molecule has 6 heteroatoms. The zero-order valence-corrected chi connectivity index (χ0v) is 20.1. The van der Waals surface area contributed by atoms with E-state index in [4.69, 9.17) is 27.9 Å². The summed E-state index contributed by atoms with van der Waals surface area (Å²) in [6.45, 7) is 1.45. The van der Waals surface area contributed by atoms with E-state index in [-0.39, 0.29) is 5.92 Å². The summed E-state index contributed by atoms with van der Waals surface area (Å²) in [5, 5.41) is 0.803. The van der Waals surface area contributed by atoms with Crippen molar-refractivity contribution in [2.45, 2.75) is 38.0 Å². The van der Waals surface area contributed by atoms with Gasteiger partial charge in [-0.1, -0.05) is 70.5 Å². The number of ether oxygens (including phenoxy) is 1. The van der Waals surface area contributed by atoms with Crippen LogP contribution in [-0.4, -0.2) is 38.1 Å². The van der Waals surface area contributed by atoms with Crippen LogP contribution in [0.25, 0.3) is 0 Å². The third kappa shape index (κ3) is 8.67. The van der Waals surface area contributed by atoms with E-state index < -0.39 is 5.97 Å². The molecule has 2 aromatic carbocycles. The highest BCUT2D eigenvalue weighted by Gasteiger charge is 2.17. The Kier molecular flexibility index (Phi) is 10.5. The lowest BCUT2D eigenvalue weighted by Crippen LogP contribution is -2.14. The molecule has 0 heterocycles. The molecule has 2 rings (SSSR count). The van der Waals surface area contributed by atoms with Gasteiger partial charge in [-0.15, -0.1) is 0 Å². The quantitative estimate of drug-likeness (QED) is 0.241. The maximum atomic E-state index is 12.5. The standard InChI is InChI=1S/C23H28BrCl2NO2/c1-27(2)14-6-4-3-5-7-18(17-8-10-19(24)11-9-17)16-29-23(28)21-13-12-20(25)15-22(21)26/h8-13,15,18H,3-7,14,16H2,1-2H3. The summed E-state index contributed by atoms with van der Waals surface area (Å²) in [7, 11) is 4.20. The Labute approximate surface area is 192 Å². The first-order valence-corrected chi connectivity index (χ1v) is 11.4. The summed E-state index contributed by atoms with van der Waals surface area (Å²) in [5.74, 6) is -0.258. The Balaban J connectivity index is 1.94. The molecule has 0 aromatic heterocycles. The number of rotatable bonds is 11. The van der Waals surface area contributed by atoms with Gasteiger partial charge >= 0.3 is 5.97 Å². The molecule has 0 N–H and O–H groups in total. The third-order valence-corrected chi connectivity index (χ3v) is 5.89. The van der Waals surface area contributed by atoms with E-state index in [1.54, 1.807) is 18.2 Å². The van der Waals surface area contributed by atoms with Crippen LogP contribution >= 0.6 is 39.1 Å². The normalized spacial score (nSPS) is 12.2. The van der Waals surface area contributed by atoms with Gasteiger partial charge in [0.25, 0.3) is 0 Å². The van der Waals surface area contributed by atoms with Gasteiger partial charge in [0.05, 0.1) is 17.2 Å². The van der Waals surface area contributed by atoms with Crippen molar-refractivity contribution in [2.75, 3.05) is 27.2 Å². The van der Waals surface area contributed by atoms with E-state index in [9.17, 15) is 4.79 Å². The molecule has 0 fully saturated rings. The van der Waals surface area contributed by atoms with Gasteiger partial charge in [0.2, 0.25) is 0 Å². The average molecular weight is 501 g/mol. The summed E-state index contributed by atoms with van der Waals surface area (Å²) in [6.07, 6.45) is 5.68. The fraction of sp³-hybridized carbons (Fsp3) is 0.435. The Morgan fingerprint density at radius 2 is 1.72 bits per heavy atom. The van der Waals surface area contributed by atoms with E-state index >= 15 is 0 Å². The van der Waals surface area contributed by atoms with Crippen LogP contribution in [0, 0.1) is 0 Å². The molecule has 0 saturated carbocycles. The maximum absolute atomic E-state index is 12.5. The van der Waals surface area contributed by atoms with Crippen LogP contribution in [0.15, 0.2) is 46.9 Å². The van der Waals surface area contributed by atoms with Crippen molar-refractivity contribution < 1.29 is 9.53 Å². The molecule has 3 nitrogen and oxygen atoms in total. The molecule has 2 aromatic rings. The topological polar surface area (TPSA) is 29.5 Å². The van der Waals surface area contributed by atoms with Crippen molar-refractivity contribution in [3.05, 3.63) is 68.1 Å². The minimum Gasteiger partial charge on any atom is -0.461 e. The van der Waals surface area contributed by atoms with Gasteiger partial charge in [-0.3, -0.25) is 0 Å². The number of hydrogen-bond donors (Lipinski definition) is 0. The lowest BCUT2D eigenvalue weighted by Gasteiger charge is -2.18. The van der Waals surface area contributed by atoms with E-state index in [0.717, 1.165) is 23.9 Å². The minimum atomic E-state index is -0.417. The van der Waals surface area contributed by atoms with Gasteiger partial charge in [-0.2, -0.15) is 0 Å². The van der Waals surface area contributed by atoms with Crippen molar-refractivity contribution in [1.29, 1.82) is 0 Å². The average Bonchev–Trinajstić information content (AvgIpc) is 2.67. The second kappa shape index (κ2) is 12.6. The molecule has 0 radical (unpaired) electrons. The molecule has 1 unspecified atom stereocenters. The van der Waals surface area contributed by atoms with E-state index in [1.165, 1.54) is 24.8 Å². The van der Waals surface area contributed by atoms with Crippen LogP contribution in [0.5, 0.6) is 0 Å². The van der Waals surface area contributed by atoms with Crippen molar-refractivity contribution in [1.82, 2.24) is 4.90 Å². The molecule has 0 aliphatic heterocycles. The molecule has 0 aliphatic carbocycles. The second-order valence-corrected chi connectivity index (χ2v) is 9.24. The number of nitrogens with zero attached hydrogens (tertiary/aromatic N) is 1. The Morgan fingerprint density at radius 1 is 1.03 bits per heavy atom. The summed E-state index contributed by atoms with van der Waals surface area (Å²) in [5.41, 5.74) is 1.52. The van der Waals surface area contributed by atoms with Gasteiger partial charge in [0.1, 0.15) is 0 Å². The first-order valence-electron chi connectivity index (χ1n) is 9.89. The van der Waals surface area contributed by atoms with E-state index in [0.29, 0.717) is 22.2 Å². The molecule has 0 spiro atoms. The molecular weight excluding hydrogens is 473 g/mol. The van der Waals surface area contributed by atoms with Gasteiger partial charge in [0.15, 0.2) is 0 Å². The highest BCUT2D eigenvalue weighted by atomic mass is 79.9. The number of benzene rings is 2. The fourth-order valence-corrected chi connectivity index (χ4v) is 3.91. The van der Waals surface area contributed by atoms with Crippen molar-refractivity contribution in [3.8, 4) is 0 Å². The highest BCUT2D eigenvalue weighted by molar-refractivity contribution is 9.10. The summed E-state index contributed by atoms with van der Waals surface area (Å²) in [6, 6.07) is 13.0. The fourth-order valence-electron chi connectivity index (χ4n) is 3.16. The van der Waals surface area contributed by atoms with Crippen LogP contribution in [0.4, 0.5) is 0 Å². The van der Waals surface area contributed by atoms with Crippen LogP contribution in [0.2, 0.25) is 10.0 Å². The molecule has 0 bridgehead atoms. The minimum absolute atomic E-state index is 0.159. The van der Waals surface area contributed by atoms with Gasteiger partial charge in [-0.05, 0) is 69.4 Å². The van der Waals surface area contributed by atoms with Gasteiger partial charge in [-0.25, -0.2) is 4.79 Å². The van der Waals surface area contributed by atoms with Crippen molar-refractivity contribution in [3.63, 3.8) is 0 Å². The number of carbonyl (C=O) groups is 1. The first-order chi connectivity index (χ1) is 13.9. The van der Waals surface area contributed by atoms with Gasteiger partial charge < -0.3 is 9.64 Å². The lowest BCUT2D eigenvalue weighted by molar-refractivity contribution is 0.0474. The van der Waals surface area contributed by atoms with Gasteiger partial charge in [0, 0.05) is 15.4 Å². The third-order valence-electron chi connectivity index (χ3n) is 4.82. The second-order valence-electron chi connectivity index (χ2n) is 7.48. The molecule has 29 heavy (non-hydrogen) atoms. The Hall–Kier alpha value is -1.07. The summed E-state index contributed by atoms with van der Waals surface area (Å²) >= 11 is 15.5. The van der Waals surface area contributed by atoms with E-state index in [2.05, 4.69) is 47.1 Å². The number of carbonyl (C=O) groups excluding carboxylic acids is 1. The number of halogens is 3. The zero-order chi connectivity index (χ0) is 21.2. The number of esters is 1. The molecule has 158 valence electrons. The van der Waals surface area contributed by atoms with Crippen LogP contribution in [0.3, 0.4) is 0 Å². The molecule has 0 saturated heterocycles. The largest absolute Gasteiger partial charge is 0.461 e. The number of unbranched alkanes of at least 4 members (excludes halogenated alkanes) is 3. The van der Waals surface area contributed by atoms with Crippen LogP contribution in [-0.2, 0) is 4.74 Å². The monoisotopic (exact) mass is 499 g/mol. The predicted octanol–water partition coefficient (Wildman–Crippen LogP) is 7.21. The molecular formula is C23H28BrCl2NO2. The highest BCUT2D eigenvalue weighted by Crippen LogP contribution is 2.27. The van der Waals surface area contributed by atoms with Crippen LogP contribution < -0.4 is 0 Å². The van der Waals surface area contributed by atoms with Crippen LogP contribution in [0.1, 0.15) is 53.9 Å². The zero-order valence-electron chi connectivity index (χ0n) is 17.0. The summed E-state index contributed by atoms with van der Waals surface area (Å²) < 4.78 is 6.66. The first kappa shape index (κ1) is 24.2. The summed E-state index contributed by atoms with van der Waals surface area (Å²) in [4.78, 5) is 14.7.